The summed E-state index contributed by atoms with van der Waals surface area (Å²) in [6.45, 7) is 4.39. The third-order valence-electron chi connectivity index (χ3n) is 6.81. The Morgan fingerprint density at radius 2 is 1.89 bits per heavy atom. The third-order valence-corrected chi connectivity index (χ3v) is 7.57. The van der Waals surface area contributed by atoms with Gasteiger partial charge in [0.15, 0.2) is 11.0 Å². The van der Waals surface area contributed by atoms with Gasteiger partial charge in [-0.2, -0.15) is 0 Å². The summed E-state index contributed by atoms with van der Waals surface area (Å²) in [5.74, 6) is 0.0786. The van der Waals surface area contributed by atoms with Gasteiger partial charge in [-0.05, 0) is 68.0 Å². The molecule has 1 aliphatic heterocycles. The Bertz CT molecular complexity index is 1440. The van der Waals surface area contributed by atoms with Crippen molar-refractivity contribution in [1.29, 1.82) is 0 Å². The number of aryl methyl sites for hydroxylation is 1. The Kier molecular flexibility index (Phi) is 7.01. The van der Waals surface area contributed by atoms with Gasteiger partial charge in [0.25, 0.3) is 5.91 Å². The van der Waals surface area contributed by atoms with Gasteiger partial charge < -0.3 is 14.5 Å². The zero-order valence-corrected chi connectivity index (χ0v) is 21.8. The number of carbonyl (C=O) groups excluding carboxylic acids is 1. The summed E-state index contributed by atoms with van der Waals surface area (Å²) in [5.41, 5.74) is 4.64. The first-order chi connectivity index (χ1) is 18.5. The molecule has 4 heterocycles. The average Bonchev–Trinajstić information content (AvgIpc) is 3.52. The first-order valence-electron chi connectivity index (χ1n) is 12.8. The molecule has 2 N–H and O–H groups in total. The molecule has 1 saturated carbocycles. The second kappa shape index (κ2) is 10.7. The predicted molar refractivity (Wildman–Crippen MR) is 143 cm³/mol. The summed E-state index contributed by atoms with van der Waals surface area (Å²) in [4.78, 5) is 27.0. The minimum absolute atomic E-state index is 0.103. The average molecular weight is 534 g/mol. The SMILES string of the molecule is Cc1cc(CNC2CCOCC2)cnc1-c1csc(NC(=O)c2oc(C3CC3)nc2-c2ccc(F)cc2)n1. The molecule has 1 aromatic carbocycles. The molecule has 8 nitrogen and oxygen atoms in total. The van der Waals surface area contributed by atoms with Crippen molar-refractivity contribution >= 4 is 22.4 Å². The lowest BCUT2D eigenvalue weighted by Gasteiger charge is -2.23. The Morgan fingerprint density at radius 1 is 1.11 bits per heavy atom. The van der Waals surface area contributed by atoms with E-state index >= 15 is 0 Å². The number of amides is 1. The molecular formula is C28H28FN5O3S. The number of rotatable bonds is 8. The number of ether oxygens (including phenoxy) is 1. The number of pyridine rings is 1. The van der Waals surface area contributed by atoms with Crippen molar-refractivity contribution in [1.82, 2.24) is 20.3 Å². The highest BCUT2D eigenvalue weighted by Crippen LogP contribution is 2.41. The summed E-state index contributed by atoms with van der Waals surface area (Å²) < 4.78 is 24.8. The highest BCUT2D eigenvalue weighted by molar-refractivity contribution is 7.14. The van der Waals surface area contributed by atoms with E-state index in [0.717, 1.165) is 62.3 Å². The number of oxazole rings is 1. The number of nitrogens with zero attached hydrogens (tertiary/aromatic N) is 3. The van der Waals surface area contributed by atoms with Crippen LogP contribution >= 0.6 is 11.3 Å². The number of aromatic nitrogens is 3. The Balaban J connectivity index is 1.16. The van der Waals surface area contributed by atoms with Crippen molar-refractivity contribution in [3.05, 3.63) is 70.5 Å². The van der Waals surface area contributed by atoms with Gasteiger partial charge in [0, 0.05) is 48.9 Å². The number of thiazole rings is 1. The van der Waals surface area contributed by atoms with Gasteiger partial charge in [-0.25, -0.2) is 14.4 Å². The van der Waals surface area contributed by atoms with E-state index in [1.807, 2.05) is 18.5 Å². The number of halogens is 1. The number of carbonyl (C=O) groups is 1. The number of benzene rings is 1. The maximum absolute atomic E-state index is 13.5. The second-order valence-electron chi connectivity index (χ2n) is 9.78. The molecule has 0 unspecified atom stereocenters. The van der Waals surface area contributed by atoms with Crippen LogP contribution in [0.2, 0.25) is 0 Å². The van der Waals surface area contributed by atoms with Gasteiger partial charge in [-0.3, -0.25) is 15.1 Å². The Morgan fingerprint density at radius 3 is 2.63 bits per heavy atom. The largest absolute Gasteiger partial charge is 0.435 e. The highest BCUT2D eigenvalue weighted by atomic mass is 32.1. The van der Waals surface area contributed by atoms with Crippen LogP contribution in [0.25, 0.3) is 22.6 Å². The molecule has 38 heavy (non-hydrogen) atoms. The van der Waals surface area contributed by atoms with Crippen molar-refractivity contribution in [2.45, 2.75) is 51.1 Å². The highest BCUT2D eigenvalue weighted by Gasteiger charge is 2.32. The summed E-state index contributed by atoms with van der Waals surface area (Å²) in [5, 5.41) is 8.74. The lowest BCUT2D eigenvalue weighted by Crippen LogP contribution is -2.34. The molecule has 3 aromatic heterocycles. The van der Waals surface area contributed by atoms with Crippen LogP contribution < -0.4 is 10.6 Å². The maximum atomic E-state index is 13.5. The van der Waals surface area contributed by atoms with Crippen molar-refractivity contribution in [3.8, 4) is 22.6 Å². The van der Waals surface area contributed by atoms with E-state index in [0.29, 0.717) is 34.0 Å². The van der Waals surface area contributed by atoms with Crippen LogP contribution in [0, 0.1) is 12.7 Å². The number of nitrogens with one attached hydrogen (secondary N) is 2. The molecule has 2 aliphatic rings. The van der Waals surface area contributed by atoms with Gasteiger partial charge in [0.05, 0.1) is 5.69 Å². The van der Waals surface area contributed by atoms with E-state index in [1.165, 1.54) is 23.5 Å². The van der Waals surface area contributed by atoms with Crippen molar-refractivity contribution in [3.63, 3.8) is 0 Å². The van der Waals surface area contributed by atoms with Crippen LogP contribution in [0.3, 0.4) is 0 Å². The normalized spacial score (nSPS) is 16.1. The fourth-order valence-electron chi connectivity index (χ4n) is 4.55. The lowest BCUT2D eigenvalue weighted by atomic mass is 10.1. The van der Waals surface area contributed by atoms with Crippen molar-refractivity contribution < 1.29 is 18.3 Å². The molecule has 0 bridgehead atoms. The van der Waals surface area contributed by atoms with E-state index in [9.17, 15) is 9.18 Å². The minimum Gasteiger partial charge on any atom is -0.435 e. The summed E-state index contributed by atoms with van der Waals surface area (Å²) >= 11 is 1.32. The van der Waals surface area contributed by atoms with Crippen LogP contribution in [0.1, 0.15) is 59.2 Å². The summed E-state index contributed by atoms with van der Waals surface area (Å²) in [6.07, 6.45) is 5.89. The van der Waals surface area contributed by atoms with Gasteiger partial charge in [-0.1, -0.05) is 6.07 Å². The lowest BCUT2D eigenvalue weighted by molar-refractivity contribution is 0.0776. The van der Waals surface area contributed by atoms with Crippen LogP contribution in [-0.4, -0.2) is 40.1 Å². The van der Waals surface area contributed by atoms with E-state index in [-0.39, 0.29) is 17.5 Å². The standard InChI is InChI=1S/C28H28FN5O3S/c1-16-12-17(13-30-21-8-10-36-11-9-21)14-31-23(16)22-15-38-28(32-22)34-26(35)25-24(18-4-6-20(29)7-5-18)33-27(37-25)19-2-3-19/h4-7,12,14-15,19,21,30H,2-3,8-11,13H2,1H3,(H,32,34,35). The molecule has 0 radical (unpaired) electrons. The zero-order valence-electron chi connectivity index (χ0n) is 21.0. The number of anilines is 1. The molecule has 1 saturated heterocycles. The molecule has 0 atom stereocenters. The fourth-order valence-corrected chi connectivity index (χ4v) is 5.24. The zero-order chi connectivity index (χ0) is 26.1. The van der Waals surface area contributed by atoms with Crippen molar-refractivity contribution in [2.75, 3.05) is 18.5 Å². The molecule has 10 heteroatoms. The molecule has 0 spiro atoms. The third kappa shape index (κ3) is 5.52. The molecular weight excluding hydrogens is 505 g/mol. The maximum Gasteiger partial charge on any atom is 0.295 e. The topological polar surface area (TPSA) is 102 Å². The second-order valence-corrected chi connectivity index (χ2v) is 10.6. The first kappa shape index (κ1) is 24.8. The quantitative estimate of drug-likeness (QED) is 0.299. The van der Waals surface area contributed by atoms with E-state index < -0.39 is 5.91 Å². The smallest absolute Gasteiger partial charge is 0.295 e. The van der Waals surface area contributed by atoms with E-state index in [1.54, 1.807) is 12.1 Å². The van der Waals surface area contributed by atoms with Gasteiger partial charge in [-0.15, -0.1) is 11.3 Å². The van der Waals surface area contributed by atoms with Crippen LogP contribution in [0.15, 0.2) is 46.3 Å². The van der Waals surface area contributed by atoms with Gasteiger partial charge in [0.1, 0.15) is 17.2 Å². The molecule has 2 fully saturated rings. The number of hydrogen-bond donors (Lipinski definition) is 2. The summed E-state index contributed by atoms with van der Waals surface area (Å²) in [7, 11) is 0. The molecule has 6 rings (SSSR count). The van der Waals surface area contributed by atoms with Gasteiger partial charge in [0.2, 0.25) is 5.76 Å². The monoisotopic (exact) mass is 533 g/mol. The minimum atomic E-state index is -0.441. The molecule has 196 valence electrons. The van der Waals surface area contributed by atoms with Crippen LogP contribution in [-0.2, 0) is 11.3 Å². The molecule has 1 aliphatic carbocycles. The molecule has 4 aromatic rings. The van der Waals surface area contributed by atoms with Crippen molar-refractivity contribution in [2.24, 2.45) is 0 Å². The fraction of sp³-hybridized carbons (Fsp3) is 0.357. The van der Waals surface area contributed by atoms with Crippen LogP contribution in [0.4, 0.5) is 9.52 Å². The Labute approximate surface area is 223 Å². The van der Waals surface area contributed by atoms with E-state index in [2.05, 4.69) is 31.7 Å². The first-order valence-corrected chi connectivity index (χ1v) is 13.7. The molecule has 1 amide bonds. The predicted octanol–water partition coefficient (Wildman–Crippen LogP) is 5.71. The Hall–Kier alpha value is -3.47. The number of hydrogen-bond acceptors (Lipinski definition) is 8. The van der Waals surface area contributed by atoms with Crippen LogP contribution in [0.5, 0.6) is 0 Å². The van der Waals surface area contributed by atoms with E-state index in [4.69, 9.17) is 9.15 Å². The summed E-state index contributed by atoms with van der Waals surface area (Å²) in [6, 6.07) is 8.48. The van der Waals surface area contributed by atoms with Gasteiger partial charge >= 0.3 is 0 Å².